The number of carbonyl (C=O) groups excluding carboxylic acids is 2. The van der Waals surface area contributed by atoms with Gasteiger partial charge in [-0.2, -0.15) is 0 Å². The highest BCUT2D eigenvalue weighted by atomic mass is 35.5. The lowest BCUT2D eigenvalue weighted by Gasteiger charge is -2.32. The molecule has 0 saturated carbocycles. The van der Waals surface area contributed by atoms with Gasteiger partial charge in [0.2, 0.25) is 11.8 Å². The van der Waals surface area contributed by atoms with Crippen LogP contribution in [0.4, 0.5) is 5.82 Å². The summed E-state index contributed by atoms with van der Waals surface area (Å²) in [6, 6.07) is 1.72. The molecule has 0 spiro atoms. The summed E-state index contributed by atoms with van der Waals surface area (Å²) >= 11 is 0. The molecule has 1 aromatic rings. The van der Waals surface area contributed by atoms with E-state index in [1.807, 2.05) is 4.90 Å². The number of piperidine rings is 1. The Kier molecular flexibility index (Phi) is 7.86. The normalized spacial score (nSPS) is 19.0. The van der Waals surface area contributed by atoms with E-state index >= 15 is 0 Å². The van der Waals surface area contributed by atoms with Gasteiger partial charge >= 0.3 is 0 Å². The number of aromatic nitrogens is 1. The molecule has 2 fully saturated rings. The van der Waals surface area contributed by atoms with Crippen molar-refractivity contribution in [3.8, 4) is 0 Å². The van der Waals surface area contributed by atoms with Gasteiger partial charge in [-0.1, -0.05) is 5.16 Å². The zero-order valence-electron chi connectivity index (χ0n) is 15.2. The molecule has 3 rings (SSSR count). The SMILES string of the molecule is Cc1cc(NC(=O)C2CCN(CCC(=O)N3CCNCC3)CC2)no1.Cl. The third-order valence-electron chi connectivity index (χ3n) is 4.95. The van der Waals surface area contributed by atoms with Crippen LogP contribution in [-0.4, -0.2) is 72.6 Å². The van der Waals surface area contributed by atoms with Crippen LogP contribution in [0, 0.1) is 12.8 Å². The molecule has 0 atom stereocenters. The fraction of sp³-hybridized carbons (Fsp3) is 0.706. The third kappa shape index (κ3) is 5.69. The topological polar surface area (TPSA) is 90.7 Å². The summed E-state index contributed by atoms with van der Waals surface area (Å²) in [4.78, 5) is 28.7. The molecule has 0 aliphatic carbocycles. The fourth-order valence-electron chi connectivity index (χ4n) is 3.40. The highest BCUT2D eigenvalue weighted by Crippen LogP contribution is 2.19. The van der Waals surface area contributed by atoms with Gasteiger partial charge in [0.05, 0.1) is 0 Å². The predicted octanol–water partition coefficient (Wildman–Crippen LogP) is 0.877. The zero-order valence-corrected chi connectivity index (χ0v) is 16.0. The number of halogens is 1. The molecule has 8 nitrogen and oxygen atoms in total. The van der Waals surface area contributed by atoms with Crippen LogP contribution >= 0.6 is 12.4 Å². The molecular formula is C17H28ClN5O3. The van der Waals surface area contributed by atoms with Gasteiger partial charge in [-0.3, -0.25) is 9.59 Å². The average Bonchev–Trinajstić information content (AvgIpc) is 3.05. The van der Waals surface area contributed by atoms with Crippen molar-refractivity contribution in [3.63, 3.8) is 0 Å². The number of aryl methyl sites for hydroxylation is 1. The first-order chi connectivity index (χ1) is 12.1. The predicted molar refractivity (Wildman–Crippen MR) is 100 cm³/mol. The highest BCUT2D eigenvalue weighted by Gasteiger charge is 2.26. The van der Waals surface area contributed by atoms with Crippen LogP contribution in [-0.2, 0) is 9.59 Å². The van der Waals surface area contributed by atoms with E-state index in [0.717, 1.165) is 58.7 Å². The van der Waals surface area contributed by atoms with Gasteiger partial charge in [0, 0.05) is 51.1 Å². The van der Waals surface area contributed by atoms with Crippen LogP contribution in [0.15, 0.2) is 10.6 Å². The highest BCUT2D eigenvalue weighted by molar-refractivity contribution is 5.91. The van der Waals surface area contributed by atoms with E-state index in [1.165, 1.54) is 0 Å². The van der Waals surface area contributed by atoms with E-state index in [2.05, 4.69) is 20.7 Å². The minimum absolute atomic E-state index is 0. The summed E-state index contributed by atoms with van der Waals surface area (Å²) in [7, 11) is 0. The van der Waals surface area contributed by atoms with Crippen molar-refractivity contribution >= 4 is 30.0 Å². The minimum atomic E-state index is -0.00266. The monoisotopic (exact) mass is 385 g/mol. The first kappa shape index (κ1) is 20.7. The van der Waals surface area contributed by atoms with Crippen LogP contribution in [0.3, 0.4) is 0 Å². The average molecular weight is 386 g/mol. The standard InChI is InChI=1S/C17H27N5O3.ClH/c1-13-12-15(20-25-13)19-17(24)14-2-7-21(8-3-14)9-4-16(23)22-10-5-18-6-11-22;/h12,14,18H,2-11H2,1H3,(H,19,20,24);1H. The van der Waals surface area contributed by atoms with Crippen LogP contribution in [0.2, 0.25) is 0 Å². The second-order valence-electron chi connectivity index (χ2n) is 6.81. The Labute approximate surface area is 160 Å². The smallest absolute Gasteiger partial charge is 0.228 e. The molecule has 0 bridgehead atoms. The quantitative estimate of drug-likeness (QED) is 0.781. The molecule has 0 unspecified atom stereocenters. The Morgan fingerprint density at radius 2 is 1.96 bits per heavy atom. The molecule has 2 aliphatic rings. The Bertz CT molecular complexity index is 595. The number of nitrogens with zero attached hydrogens (tertiary/aromatic N) is 3. The molecule has 0 aromatic carbocycles. The lowest BCUT2D eigenvalue weighted by Crippen LogP contribution is -2.47. The summed E-state index contributed by atoms with van der Waals surface area (Å²) in [5.41, 5.74) is 0. The number of anilines is 1. The van der Waals surface area contributed by atoms with Gasteiger partial charge in [0.25, 0.3) is 0 Å². The van der Waals surface area contributed by atoms with E-state index in [4.69, 9.17) is 4.52 Å². The van der Waals surface area contributed by atoms with Crippen molar-refractivity contribution in [3.05, 3.63) is 11.8 Å². The third-order valence-corrected chi connectivity index (χ3v) is 4.95. The Balaban J connectivity index is 0.00000243. The van der Waals surface area contributed by atoms with E-state index in [9.17, 15) is 9.59 Å². The van der Waals surface area contributed by atoms with Crippen molar-refractivity contribution in [2.75, 3.05) is 51.1 Å². The largest absolute Gasteiger partial charge is 0.360 e. The van der Waals surface area contributed by atoms with E-state index < -0.39 is 0 Å². The van der Waals surface area contributed by atoms with Gasteiger partial charge in [0.1, 0.15) is 5.76 Å². The van der Waals surface area contributed by atoms with E-state index in [1.54, 1.807) is 13.0 Å². The first-order valence-corrected chi connectivity index (χ1v) is 9.07. The molecule has 26 heavy (non-hydrogen) atoms. The maximum absolute atomic E-state index is 12.3. The summed E-state index contributed by atoms with van der Waals surface area (Å²) in [5, 5.41) is 9.86. The maximum Gasteiger partial charge on any atom is 0.228 e. The van der Waals surface area contributed by atoms with Gasteiger partial charge in [0.15, 0.2) is 5.82 Å². The number of hydrogen-bond acceptors (Lipinski definition) is 6. The number of amides is 2. The fourth-order valence-corrected chi connectivity index (χ4v) is 3.40. The van der Waals surface area contributed by atoms with E-state index in [-0.39, 0.29) is 30.1 Å². The molecule has 3 heterocycles. The van der Waals surface area contributed by atoms with Gasteiger partial charge in [-0.05, 0) is 32.9 Å². The van der Waals surface area contributed by atoms with Crippen LogP contribution in [0.25, 0.3) is 0 Å². The molecule has 0 radical (unpaired) electrons. The lowest BCUT2D eigenvalue weighted by molar-refractivity contribution is -0.132. The molecule has 1 aromatic heterocycles. The second kappa shape index (κ2) is 9.89. The molecule has 2 amide bonds. The first-order valence-electron chi connectivity index (χ1n) is 9.07. The summed E-state index contributed by atoms with van der Waals surface area (Å²) in [6.45, 7) is 7.66. The van der Waals surface area contributed by atoms with Crippen molar-refractivity contribution in [2.45, 2.75) is 26.2 Å². The Hall–Kier alpha value is -1.64. The van der Waals surface area contributed by atoms with Gasteiger partial charge in [-0.15, -0.1) is 12.4 Å². The van der Waals surface area contributed by atoms with Gasteiger partial charge < -0.3 is 25.0 Å². The number of carbonyl (C=O) groups is 2. The maximum atomic E-state index is 12.3. The summed E-state index contributed by atoms with van der Waals surface area (Å²) < 4.78 is 4.96. The van der Waals surface area contributed by atoms with Crippen molar-refractivity contribution in [1.82, 2.24) is 20.3 Å². The van der Waals surface area contributed by atoms with Crippen LogP contribution in [0.5, 0.6) is 0 Å². The summed E-state index contributed by atoms with van der Waals surface area (Å²) in [5.74, 6) is 1.40. The van der Waals surface area contributed by atoms with Crippen LogP contribution in [0.1, 0.15) is 25.0 Å². The second-order valence-corrected chi connectivity index (χ2v) is 6.81. The number of piperazine rings is 1. The number of rotatable bonds is 5. The number of hydrogen-bond donors (Lipinski definition) is 2. The molecular weight excluding hydrogens is 358 g/mol. The summed E-state index contributed by atoms with van der Waals surface area (Å²) in [6.07, 6.45) is 2.18. The molecule has 9 heteroatoms. The Morgan fingerprint density at radius 1 is 1.27 bits per heavy atom. The number of nitrogens with one attached hydrogen (secondary N) is 2. The van der Waals surface area contributed by atoms with Crippen molar-refractivity contribution in [2.24, 2.45) is 5.92 Å². The molecule has 2 N–H and O–H groups in total. The zero-order chi connectivity index (χ0) is 17.6. The van der Waals surface area contributed by atoms with Crippen LogP contribution < -0.4 is 10.6 Å². The van der Waals surface area contributed by atoms with Crippen molar-refractivity contribution in [1.29, 1.82) is 0 Å². The lowest BCUT2D eigenvalue weighted by atomic mass is 9.96. The van der Waals surface area contributed by atoms with Crippen molar-refractivity contribution < 1.29 is 14.1 Å². The number of likely N-dealkylation sites (tertiary alicyclic amines) is 1. The van der Waals surface area contributed by atoms with E-state index in [0.29, 0.717) is 18.0 Å². The minimum Gasteiger partial charge on any atom is -0.360 e. The molecule has 2 saturated heterocycles. The van der Waals surface area contributed by atoms with Gasteiger partial charge in [-0.25, -0.2) is 0 Å². The molecule has 2 aliphatic heterocycles. The Morgan fingerprint density at radius 3 is 2.58 bits per heavy atom. The molecule has 146 valence electrons.